The van der Waals surface area contributed by atoms with Crippen molar-refractivity contribution >= 4 is 5.78 Å². The molecule has 150 valence electrons. The van der Waals surface area contributed by atoms with Gasteiger partial charge in [0.1, 0.15) is 5.78 Å². The minimum atomic E-state index is -0.418. The number of aliphatic hydroxyl groups excluding tert-OH is 1. The van der Waals surface area contributed by atoms with Gasteiger partial charge in [0.15, 0.2) is 0 Å². The van der Waals surface area contributed by atoms with E-state index in [4.69, 9.17) is 0 Å². The molecule has 0 bridgehead atoms. The molecule has 0 saturated carbocycles. The van der Waals surface area contributed by atoms with Crippen LogP contribution in [-0.2, 0) is 4.79 Å². The second-order valence-electron chi connectivity index (χ2n) is 9.83. The second kappa shape index (κ2) is 7.61. The van der Waals surface area contributed by atoms with E-state index in [0.717, 1.165) is 0 Å². The van der Waals surface area contributed by atoms with Crippen molar-refractivity contribution in [2.45, 2.75) is 117 Å². The Morgan fingerprint density at radius 2 is 1.04 bits per heavy atom. The highest BCUT2D eigenvalue weighted by atomic mass is 16.5. The number of nitrogens with zero attached hydrogens (tertiary/aromatic N) is 2. The molecule has 2 fully saturated rings. The van der Waals surface area contributed by atoms with Gasteiger partial charge < -0.3 is 15.5 Å². The monoisotopic (exact) mass is 360 g/mol. The summed E-state index contributed by atoms with van der Waals surface area (Å²) in [5.41, 5.74) is -1.47. The third-order valence-electron chi connectivity index (χ3n) is 5.02. The van der Waals surface area contributed by atoms with E-state index < -0.39 is 11.1 Å². The maximum Gasteiger partial charge on any atom is 0.136 e. The lowest BCUT2D eigenvalue weighted by molar-refractivity contribution is -0.257. The summed E-state index contributed by atoms with van der Waals surface area (Å²) in [6.45, 7) is 15.3. The number of carbonyl (C=O) groups is 1. The van der Waals surface area contributed by atoms with E-state index in [0.29, 0.717) is 25.7 Å². The van der Waals surface area contributed by atoms with E-state index >= 15 is 0 Å². The quantitative estimate of drug-likeness (QED) is 0.612. The zero-order valence-corrected chi connectivity index (χ0v) is 16.6. The minimum Gasteiger partial charge on any atom is -0.393 e. The topological polar surface area (TPSA) is 84.2 Å². The van der Waals surface area contributed by atoms with Gasteiger partial charge in [0, 0.05) is 35.0 Å². The Morgan fingerprint density at radius 1 is 0.760 bits per heavy atom. The summed E-state index contributed by atoms with van der Waals surface area (Å²) in [5.74, 6) is 0.232. The zero-order chi connectivity index (χ0) is 19.1. The largest absolute Gasteiger partial charge is 0.393 e. The van der Waals surface area contributed by atoms with Crippen LogP contribution in [0.4, 0.5) is 0 Å². The van der Waals surface area contributed by atoms with Crippen molar-refractivity contribution in [3.05, 3.63) is 0 Å². The summed E-state index contributed by atoms with van der Waals surface area (Å²) < 4.78 is 0. The summed E-state index contributed by atoms with van der Waals surface area (Å²) in [4.78, 5) is 11.3. The van der Waals surface area contributed by atoms with Crippen LogP contribution in [0, 0.1) is 0 Å². The van der Waals surface area contributed by atoms with Crippen LogP contribution in [-0.4, -0.2) is 59.7 Å². The number of aliphatic hydroxyl groups is 1. The summed E-state index contributed by atoms with van der Waals surface area (Å²) in [6, 6.07) is 0. The average Bonchev–Trinajstić information content (AvgIpc) is 2.31. The van der Waals surface area contributed by atoms with Crippen molar-refractivity contribution in [3.8, 4) is 0 Å². The highest BCUT2D eigenvalue weighted by Gasteiger charge is 2.45. The van der Waals surface area contributed by atoms with Crippen molar-refractivity contribution in [2.24, 2.45) is 0 Å². The molecule has 0 spiro atoms. The average molecular weight is 361 g/mol. The lowest BCUT2D eigenvalue weighted by Crippen LogP contribution is -2.60. The smallest absolute Gasteiger partial charge is 0.136 e. The third-order valence-corrected chi connectivity index (χ3v) is 5.02. The fourth-order valence-electron chi connectivity index (χ4n) is 4.21. The second-order valence-corrected chi connectivity index (χ2v) is 9.83. The third kappa shape index (κ3) is 5.73. The van der Waals surface area contributed by atoms with Crippen molar-refractivity contribution in [1.29, 1.82) is 0 Å². The number of ketones is 1. The van der Waals surface area contributed by atoms with E-state index in [1.165, 1.54) is 10.1 Å². The maximum absolute atomic E-state index is 11.3. The van der Waals surface area contributed by atoms with Gasteiger partial charge in [0.25, 0.3) is 0 Å². The molecular weight excluding hydrogens is 320 g/mol. The Kier molecular flexibility index (Phi) is 7.45. The van der Waals surface area contributed by atoms with Crippen LogP contribution in [0.15, 0.2) is 0 Å². The lowest BCUT2D eigenvalue weighted by atomic mass is 9.80. The number of rotatable bonds is 0. The highest BCUT2D eigenvalue weighted by Crippen LogP contribution is 2.36. The van der Waals surface area contributed by atoms with Crippen molar-refractivity contribution in [1.82, 2.24) is 10.1 Å². The molecule has 2 rings (SSSR count). The summed E-state index contributed by atoms with van der Waals surface area (Å²) in [7, 11) is 0. The molecule has 25 heavy (non-hydrogen) atoms. The van der Waals surface area contributed by atoms with Crippen LogP contribution in [0.25, 0.3) is 0 Å². The summed E-state index contributed by atoms with van der Waals surface area (Å²) >= 11 is 0. The first-order valence-corrected chi connectivity index (χ1v) is 8.69. The first-order valence-electron chi connectivity index (χ1n) is 8.69. The Balaban J connectivity index is 0.000000443. The predicted molar refractivity (Wildman–Crippen MR) is 99.8 cm³/mol. The van der Waals surface area contributed by atoms with Gasteiger partial charge in [0.2, 0.25) is 0 Å². The first kappa shape index (κ1) is 24.5. The summed E-state index contributed by atoms with van der Waals surface area (Å²) in [6.07, 6.45) is 1.85. The van der Waals surface area contributed by atoms with Gasteiger partial charge in [-0.3, -0.25) is 4.79 Å². The molecule has 0 amide bonds. The van der Waals surface area contributed by atoms with Crippen LogP contribution in [0.5, 0.6) is 0 Å². The molecule has 0 aliphatic carbocycles. The molecule has 2 aliphatic heterocycles. The Hall–Kier alpha value is -0.530. The first-order chi connectivity index (χ1) is 10.5. The van der Waals surface area contributed by atoms with E-state index in [-0.39, 0.29) is 30.4 Å². The predicted octanol–water partition coefficient (Wildman–Crippen LogP) is 3.62. The standard InChI is InChI=1S/C9H19NO2.C9H17NO2.CH4/c2*1-8(2)5-7(11)6-9(3,4)10(8)12;/h7,11-12H,5-6H2,1-4H3;12H,5-6H2,1-4H3;1H4. The molecule has 0 aromatic carbocycles. The number of hydrogen-bond acceptors (Lipinski definition) is 6. The van der Waals surface area contributed by atoms with Gasteiger partial charge in [-0.2, -0.15) is 10.1 Å². The molecule has 2 aliphatic rings. The molecule has 0 atom stereocenters. The van der Waals surface area contributed by atoms with Gasteiger partial charge >= 0.3 is 0 Å². The lowest BCUT2D eigenvalue weighted by Gasteiger charge is -2.50. The van der Waals surface area contributed by atoms with E-state index in [1.807, 2.05) is 55.4 Å². The zero-order valence-electron chi connectivity index (χ0n) is 16.6. The van der Waals surface area contributed by atoms with Crippen LogP contribution < -0.4 is 0 Å². The van der Waals surface area contributed by atoms with Crippen LogP contribution in [0.2, 0.25) is 0 Å². The van der Waals surface area contributed by atoms with Gasteiger partial charge in [0.05, 0.1) is 6.10 Å². The Bertz CT molecular complexity index is 434. The van der Waals surface area contributed by atoms with E-state index in [9.17, 15) is 20.3 Å². The van der Waals surface area contributed by atoms with Gasteiger partial charge in [-0.05, 0) is 68.2 Å². The molecular formula is C19H40N2O4. The molecule has 2 saturated heterocycles. The minimum absolute atomic E-state index is 0. The van der Waals surface area contributed by atoms with Gasteiger partial charge in [-0.1, -0.05) is 7.43 Å². The number of piperidine rings is 2. The van der Waals surface area contributed by atoms with Crippen LogP contribution >= 0.6 is 0 Å². The summed E-state index contributed by atoms with van der Waals surface area (Å²) in [5, 5.41) is 31.8. The molecule has 0 radical (unpaired) electrons. The fraction of sp³-hybridized carbons (Fsp3) is 0.947. The molecule has 6 heteroatoms. The highest BCUT2D eigenvalue weighted by molar-refractivity contribution is 5.81. The van der Waals surface area contributed by atoms with Crippen molar-refractivity contribution in [2.75, 3.05) is 0 Å². The molecule has 6 nitrogen and oxygen atoms in total. The number of carbonyl (C=O) groups excluding carboxylic acids is 1. The molecule has 0 aromatic heterocycles. The molecule has 2 heterocycles. The van der Waals surface area contributed by atoms with Gasteiger partial charge in [-0.15, -0.1) is 0 Å². The number of hydroxylamine groups is 4. The van der Waals surface area contributed by atoms with Crippen molar-refractivity contribution in [3.63, 3.8) is 0 Å². The number of Topliss-reactive ketones (excluding diaryl/α,β-unsaturated/α-hetero) is 1. The molecule has 0 aromatic rings. The maximum atomic E-state index is 11.3. The van der Waals surface area contributed by atoms with E-state index in [2.05, 4.69) is 0 Å². The van der Waals surface area contributed by atoms with Crippen molar-refractivity contribution < 1.29 is 20.3 Å². The fourth-order valence-corrected chi connectivity index (χ4v) is 4.21. The molecule has 3 N–H and O–H groups in total. The Morgan fingerprint density at radius 3 is 1.36 bits per heavy atom. The van der Waals surface area contributed by atoms with E-state index in [1.54, 1.807) is 0 Å². The van der Waals surface area contributed by atoms with Crippen LogP contribution in [0.3, 0.4) is 0 Å². The van der Waals surface area contributed by atoms with Crippen LogP contribution in [0.1, 0.15) is 88.5 Å². The normalized spacial score (nSPS) is 28.5. The Labute approximate surface area is 153 Å². The number of hydrogen-bond donors (Lipinski definition) is 3. The SMILES string of the molecule is C.CC1(C)CC(=O)CC(C)(C)N1O.CC1(C)CC(O)CC(C)(C)N1O. The molecule has 0 unspecified atom stereocenters. The van der Waals surface area contributed by atoms with Gasteiger partial charge in [-0.25, -0.2) is 0 Å².